The maximum atomic E-state index is 5.68. The first-order chi connectivity index (χ1) is 7.74. The van der Waals surface area contributed by atoms with E-state index in [0.29, 0.717) is 4.83 Å². The molecule has 1 aromatic rings. The van der Waals surface area contributed by atoms with E-state index < -0.39 is 0 Å². The second kappa shape index (κ2) is 7.86. The lowest BCUT2D eigenvalue weighted by Gasteiger charge is -2.17. The highest BCUT2D eigenvalue weighted by atomic mass is 79.9. The Balaban J connectivity index is 2.16. The Morgan fingerprint density at radius 2 is 1.94 bits per heavy atom. The van der Waals surface area contributed by atoms with E-state index >= 15 is 0 Å². The monoisotopic (exact) mass is 284 g/mol. The minimum absolute atomic E-state index is 0.581. The van der Waals surface area contributed by atoms with Gasteiger partial charge in [-0.25, -0.2) is 0 Å². The van der Waals surface area contributed by atoms with Gasteiger partial charge in [0.1, 0.15) is 0 Å². The Hall–Kier alpha value is -0.340. The third kappa shape index (κ3) is 5.13. The molecular weight excluding hydrogens is 264 g/mol. The zero-order valence-electron chi connectivity index (χ0n) is 10.2. The summed E-state index contributed by atoms with van der Waals surface area (Å²) in [6.07, 6.45) is 2.34. The van der Waals surface area contributed by atoms with Crippen molar-refractivity contribution in [1.82, 2.24) is 0 Å². The molecule has 2 atom stereocenters. The van der Waals surface area contributed by atoms with Crippen molar-refractivity contribution < 1.29 is 4.74 Å². The van der Waals surface area contributed by atoms with Crippen LogP contribution in [0.4, 0.5) is 0 Å². The van der Waals surface area contributed by atoms with E-state index in [1.54, 1.807) is 0 Å². The molecule has 16 heavy (non-hydrogen) atoms. The maximum Gasteiger partial charge on any atom is 0.0716 e. The Morgan fingerprint density at radius 1 is 1.25 bits per heavy atom. The molecule has 2 heteroatoms. The molecule has 1 nitrogen and oxygen atoms in total. The molecule has 0 fully saturated rings. The summed E-state index contributed by atoms with van der Waals surface area (Å²) in [5.41, 5.74) is 1.25. The van der Waals surface area contributed by atoms with Crippen molar-refractivity contribution in [3.63, 3.8) is 0 Å². The third-order valence-electron chi connectivity index (χ3n) is 2.92. The minimum atomic E-state index is 0.581. The van der Waals surface area contributed by atoms with E-state index in [1.807, 2.05) is 18.2 Å². The van der Waals surface area contributed by atoms with Gasteiger partial charge in [-0.15, -0.1) is 0 Å². The summed E-state index contributed by atoms with van der Waals surface area (Å²) in [5.74, 6) is 0.718. The zero-order valence-corrected chi connectivity index (χ0v) is 11.7. The third-order valence-corrected chi connectivity index (χ3v) is 3.67. The van der Waals surface area contributed by atoms with E-state index in [4.69, 9.17) is 4.74 Å². The van der Waals surface area contributed by atoms with E-state index in [9.17, 15) is 0 Å². The number of hydrogen-bond donors (Lipinski definition) is 0. The van der Waals surface area contributed by atoms with Gasteiger partial charge in [0.15, 0.2) is 0 Å². The van der Waals surface area contributed by atoms with Crippen molar-refractivity contribution in [3.05, 3.63) is 35.9 Å². The molecule has 0 aliphatic heterocycles. The normalized spacial score (nSPS) is 14.7. The molecule has 1 rings (SSSR count). The predicted molar refractivity (Wildman–Crippen MR) is 72.9 cm³/mol. The lowest BCUT2D eigenvalue weighted by Crippen LogP contribution is -2.12. The van der Waals surface area contributed by atoms with Crippen LogP contribution < -0.4 is 0 Å². The quantitative estimate of drug-likeness (QED) is 0.533. The fourth-order valence-electron chi connectivity index (χ4n) is 1.76. The highest BCUT2D eigenvalue weighted by Crippen LogP contribution is 2.19. The SMILES string of the molecule is CCC(CCOCc1ccccc1)C(C)Br. The van der Waals surface area contributed by atoms with Crippen molar-refractivity contribution in [1.29, 1.82) is 0 Å². The Labute approximate surface area is 107 Å². The van der Waals surface area contributed by atoms with Gasteiger partial charge in [0, 0.05) is 11.4 Å². The standard InChI is InChI=1S/C14H21BrO/c1-3-14(12(2)15)9-10-16-11-13-7-5-4-6-8-13/h4-8,12,14H,3,9-11H2,1-2H3. The molecule has 0 radical (unpaired) electrons. The van der Waals surface area contributed by atoms with E-state index in [2.05, 4.69) is 41.9 Å². The van der Waals surface area contributed by atoms with E-state index in [0.717, 1.165) is 25.6 Å². The average molecular weight is 285 g/mol. The van der Waals surface area contributed by atoms with Crippen molar-refractivity contribution in [2.45, 2.75) is 38.1 Å². The van der Waals surface area contributed by atoms with Crippen LogP contribution in [0, 0.1) is 5.92 Å². The number of alkyl halides is 1. The molecule has 90 valence electrons. The topological polar surface area (TPSA) is 9.23 Å². The van der Waals surface area contributed by atoms with Gasteiger partial charge in [0.25, 0.3) is 0 Å². The molecule has 0 aliphatic rings. The van der Waals surface area contributed by atoms with Gasteiger partial charge < -0.3 is 4.74 Å². The number of ether oxygens (including phenoxy) is 1. The zero-order chi connectivity index (χ0) is 11.8. The van der Waals surface area contributed by atoms with Crippen LogP contribution in [0.15, 0.2) is 30.3 Å². The Bertz CT molecular complexity index is 271. The summed E-state index contributed by atoms with van der Waals surface area (Å²) in [6.45, 7) is 6.03. The summed E-state index contributed by atoms with van der Waals surface area (Å²) in [5, 5.41) is 0. The lowest BCUT2D eigenvalue weighted by molar-refractivity contribution is 0.107. The van der Waals surface area contributed by atoms with Gasteiger partial charge in [-0.05, 0) is 17.9 Å². The summed E-state index contributed by atoms with van der Waals surface area (Å²) < 4.78 is 5.68. The second-order valence-electron chi connectivity index (χ2n) is 4.17. The molecule has 0 aromatic heterocycles. The van der Waals surface area contributed by atoms with E-state index in [-0.39, 0.29) is 0 Å². The van der Waals surface area contributed by atoms with Gasteiger partial charge in [0.05, 0.1) is 6.61 Å². The molecule has 0 amide bonds. The Kier molecular flexibility index (Phi) is 6.74. The van der Waals surface area contributed by atoms with Crippen LogP contribution in [-0.4, -0.2) is 11.4 Å². The predicted octanol–water partition coefficient (Wildman–Crippen LogP) is 4.40. The summed E-state index contributed by atoms with van der Waals surface area (Å²) >= 11 is 3.64. The second-order valence-corrected chi connectivity index (χ2v) is 5.62. The highest BCUT2D eigenvalue weighted by molar-refractivity contribution is 9.09. The molecular formula is C14H21BrO. The first-order valence-corrected chi connectivity index (χ1v) is 6.91. The van der Waals surface area contributed by atoms with Crippen LogP contribution in [0.5, 0.6) is 0 Å². The minimum Gasteiger partial charge on any atom is -0.377 e. The van der Waals surface area contributed by atoms with Crippen LogP contribution in [0.1, 0.15) is 32.3 Å². The molecule has 0 heterocycles. The first kappa shape index (κ1) is 13.7. The molecule has 0 saturated heterocycles. The smallest absolute Gasteiger partial charge is 0.0716 e. The summed E-state index contributed by atoms with van der Waals surface area (Å²) in [7, 11) is 0. The Morgan fingerprint density at radius 3 is 2.50 bits per heavy atom. The van der Waals surface area contributed by atoms with Gasteiger partial charge in [-0.2, -0.15) is 0 Å². The van der Waals surface area contributed by atoms with Crippen LogP contribution in [0.3, 0.4) is 0 Å². The number of halogens is 1. The van der Waals surface area contributed by atoms with Gasteiger partial charge in [0.2, 0.25) is 0 Å². The molecule has 0 bridgehead atoms. The lowest BCUT2D eigenvalue weighted by atomic mass is 10.0. The average Bonchev–Trinajstić information content (AvgIpc) is 2.30. The van der Waals surface area contributed by atoms with Gasteiger partial charge >= 0.3 is 0 Å². The van der Waals surface area contributed by atoms with Gasteiger partial charge in [-0.3, -0.25) is 0 Å². The molecule has 0 aliphatic carbocycles. The molecule has 1 aromatic carbocycles. The van der Waals surface area contributed by atoms with Crippen molar-refractivity contribution >= 4 is 15.9 Å². The van der Waals surface area contributed by atoms with Crippen molar-refractivity contribution in [3.8, 4) is 0 Å². The summed E-state index contributed by atoms with van der Waals surface area (Å²) in [6, 6.07) is 10.3. The number of hydrogen-bond acceptors (Lipinski definition) is 1. The molecule has 2 unspecified atom stereocenters. The van der Waals surface area contributed by atoms with Crippen LogP contribution in [-0.2, 0) is 11.3 Å². The fourth-order valence-corrected chi connectivity index (χ4v) is 2.40. The molecule has 0 spiro atoms. The number of benzene rings is 1. The maximum absolute atomic E-state index is 5.68. The van der Waals surface area contributed by atoms with Gasteiger partial charge in [-0.1, -0.05) is 66.5 Å². The van der Waals surface area contributed by atoms with Crippen LogP contribution in [0.25, 0.3) is 0 Å². The largest absolute Gasteiger partial charge is 0.377 e. The molecule has 0 N–H and O–H groups in total. The fraction of sp³-hybridized carbons (Fsp3) is 0.571. The highest BCUT2D eigenvalue weighted by Gasteiger charge is 2.11. The number of rotatable bonds is 7. The first-order valence-electron chi connectivity index (χ1n) is 5.99. The summed E-state index contributed by atoms with van der Waals surface area (Å²) in [4.78, 5) is 0.581. The van der Waals surface area contributed by atoms with Crippen LogP contribution in [0.2, 0.25) is 0 Å². The van der Waals surface area contributed by atoms with Crippen molar-refractivity contribution in [2.75, 3.05) is 6.61 Å². The molecule has 0 saturated carbocycles. The van der Waals surface area contributed by atoms with E-state index in [1.165, 1.54) is 12.0 Å². The van der Waals surface area contributed by atoms with Crippen molar-refractivity contribution in [2.24, 2.45) is 5.92 Å². The van der Waals surface area contributed by atoms with Crippen LogP contribution >= 0.6 is 15.9 Å².